The molecule has 5 nitrogen and oxygen atoms in total. The van der Waals surface area contributed by atoms with Gasteiger partial charge in [0.2, 0.25) is 5.91 Å². The maximum Gasteiger partial charge on any atom is 0.227 e. The monoisotopic (exact) mass is 222 g/mol. The molecule has 86 valence electrons. The number of carbonyl (C=O) groups is 1. The molecule has 5 heteroatoms. The fraction of sp³-hybridized carbons (Fsp3) is 0.455. The average Bonchev–Trinajstić information content (AvgIpc) is 2.61. The molecule has 2 atom stereocenters. The average molecular weight is 222 g/mol. The summed E-state index contributed by atoms with van der Waals surface area (Å²) < 4.78 is 0. The lowest BCUT2D eigenvalue weighted by Gasteiger charge is -2.14. The Balaban J connectivity index is 1.95. The topological polar surface area (TPSA) is 73.7 Å². The number of amides is 1. The number of aromatic nitrogens is 1. The Bertz CT molecular complexity index is 359. The first-order chi connectivity index (χ1) is 7.66. The summed E-state index contributed by atoms with van der Waals surface area (Å²) in [5, 5.41) is 18.7. The van der Waals surface area contributed by atoms with E-state index in [9.17, 15) is 15.0 Å². The van der Waals surface area contributed by atoms with Gasteiger partial charge in [-0.1, -0.05) is 0 Å². The zero-order chi connectivity index (χ0) is 11.5. The van der Waals surface area contributed by atoms with Crippen LogP contribution in [0.5, 0.6) is 0 Å². The smallest absolute Gasteiger partial charge is 0.227 e. The van der Waals surface area contributed by atoms with Gasteiger partial charge in [-0.15, -0.1) is 0 Å². The number of rotatable bonds is 2. The van der Waals surface area contributed by atoms with E-state index in [1.807, 2.05) is 0 Å². The van der Waals surface area contributed by atoms with E-state index in [0.717, 1.165) is 5.56 Å². The zero-order valence-electron chi connectivity index (χ0n) is 8.78. The molecule has 2 heterocycles. The minimum atomic E-state index is -0.818. The van der Waals surface area contributed by atoms with Gasteiger partial charge in [0.15, 0.2) is 0 Å². The summed E-state index contributed by atoms with van der Waals surface area (Å²) in [4.78, 5) is 17.1. The van der Waals surface area contributed by atoms with Gasteiger partial charge in [-0.25, -0.2) is 0 Å². The number of aliphatic hydroxyl groups excluding tert-OH is 2. The largest absolute Gasteiger partial charge is 0.388 e. The number of carbonyl (C=O) groups excluding carboxylic acids is 1. The molecule has 0 aliphatic carbocycles. The molecule has 0 saturated carbocycles. The van der Waals surface area contributed by atoms with Crippen molar-refractivity contribution >= 4 is 5.91 Å². The Morgan fingerprint density at radius 3 is 2.44 bits per heavy atom. The van der Waals surface area contributed by atoms with E-state index < -0.39 is 12.2 Å². The highest BCUT2D eigenvalue weighted by molar-refractivity contribution is 5.79. The van der Waals surface area contributed by atoms with E-state index in [-0.39, 0.29) is 25.4 Å². The molecule has 1 fully saturated rings. The van der Waals surface area contributed by atoms with E-state index in [0.29, 0.717) is 0 Å². The van der Waals surface area contributed by atoms with E-state index in [4.69, 9.17) is 0 Å². The molecule has 16 heavy (non-hydrogen) atoms. The van der Waals surface area contributed by atoms with Gasteiger partial charge in [0.1, 0.15) is 0 Å². The third-order valence-corrected chi connectivity index (χ3v) is 2.72. The lowest BCUT2D eigenvalue weighted by Crippen LogP contribution is -2.31. The van der Waals surface area contributed by atoms with Crippen molar-refractivity contribution < 1.29 is 15.0 Å². The Kier molecular flexibility index (Phi) is 3.17. The second-order valence-corrected chi connectivity index (χ2v) is 3.97. The molecule has 1 aromatic heterocycles. The number of pyridine rings is 1. The predicted molar refractivity (Wildman–Crippen MR) is 56.5 cm³/mol. The Morgan fingerprint density at radius 2 is 1.88 bits per heavy atom. The van der Waals surface area contributed by atoms with Crippen LogP contribution in [0, 0.1) is 0 Å². The highest BCUT2D eigenvalue weighted by Crippen LogP contribution is 2.12. The van der Waals surface area contributed by atoms with Crippen molar-refractivity contribution in [2.45, 2.75) is 18.6 Å². The molecule has 0 bridgehead atoms. The molecule has 1 saturated heterocycles. The summed E-state index contributed by atoms with van der Waals surface area (Å²) in [6.07, 6.45) is 1.91. The lowest BCUT2D eigenvalue weighted by molar-refractivity contribution is -0.129. The number of nitrogens with zero attached hydrogens (tertiary/aromatic N) is 2. The normalized spacial score (nSPS) is 24.8. The van der Waals surface area contributed by atoms with Crippen molar-refractivity contribution in [2.24, 2.45) is 0 Å². The van der Waals surface area contributed by atoms with Crippen molar-refractivity contribution in [3.8, 4) is 0 Å². The fourth-order valence-corrected chi connectivity index (χ4v) is 1.76. The first-order valence-electron chi connectivity index (χ1n) is 5.19. The minimum Gasteiger partial charge on any atom is -0.388 e. The van der Waals surface area contributed by atoms with Crippen LogP contribution in [-0.4, -0.2) is 51.3 Å². The van der Waals surface area contributed by atoms with Crippen molar-refractivity contribution in [2.75, 3.05) is 13.1 Å². The van der Waals surface area contributed by atoms with Gasteiger partial charge >= 0.3 is 0 Å². The van der Waals surface area contributed by atoms with Gasteiger partial charge in [-0.3, -0.25) is 9.78 Å². The molecule has 1 aliphatic rings. The van der Waals surface area contributed by atoms with Crippen LogP contribution in [-0.2, 0) is 11.2 Å². The maximum atomic E-state index is 11.8. The first-order valence-corrected chi connectivity index (χ1v) is 5.19. The van der Waals surface area contributed by atoms with Crippen LogP contribution >= 0.6 is 0 Å². The van der Waals surface area contributed by atoms with E-state index >= 15 is 0 Å². The van der Waals surface area contributed by atoms with Crippen LogP contribution in [0.4, 0.5) is 0 Å². The third-order valence-electron chi connectivity index (χ3n) is 2.72. The lowest BCUT2D eigenvalue weighted by atomic mass is 10.2. The van der Waals surface area contributed by atoms with Crippen LogP contribution < -0.4 is 0 Å². The summed E-state index contributed by atoms with van der Waals surface area (Å²) in [6.45, 7) is 0.427. The highest BCUT2D eigenvalue weighted by atomic mass is 16.3. The van der Waals surface area contributed by atoms with Gasteiger partial charge in [-0.05, 0) is 17.7 Å². The number of hydrogen-bond donors (Lipinski definition) is 2. The molecule has 0 radical (unpaired) electrons. The minimum absolute atomic E-state index is 0.0817. The fourth-order valence-electron chi connectivity index (χ4n) is 1.76. The number of hydrogen-bond acceptors (Lipinski definition) is 4. The summed E-state index contributed by atoms with van der Waals surface area (Å²) in [5.41, 5.74) is 0.885. The molecule has 1 aliphatic heterocycles. The molecule has 0 aromatic carbocycles. The van der Waals surface area contributed by atoms with Crippen molar-refractivity contribution in [3.63, 3.8) is 0 Å². The molecule has 2 N–H and O–H groups in total. The Hall–Kier alpha value is -1.46. The summed E-state index contributed by atoms with van der Waals surface area (Å²) in [7, 11) is 0. The molecule has 1 aromatic rings. The third kappa shape index (κ3) is 2.37. The Labute approximate surface area is 93.3 Å². The standard InChI is InChI=1S/C11H14N2O3/c14-9-6-13(7-10(9)15)11(16)5-8-1-3-12-4-2-8/h1-4,9-10,14-15H,5-7H2. The second-order valence-electron chi connectivity index (χ2n) is 3.97. The van der Waals surface area contributed by atoms with Gasteiger partial charge in [-0.2, -0.15) is 0 Å². The van der Waals surface area contributed by atoms with Crippen LogP contribution in [0.3, 0.4) is 0 Å². The molecular formula is C11H14N2O3. The van der Waals surface area contributed by atoms with Crippen LogP contribution in [0.2, 0.25) is 0 Å². The van der Waals surface area contributed by atoms with Gasteiger partial charge < -0.3 is 15.1 Å². The molecule has 0 spiro atoms. The summed E-state index contributed by atoms with van der Waals surface area (Å²) in [6, 6.07) is 3.56. The molecular weight excluding hydrogens is 208 g/mol. The summed E-state index contributed by atoms with van der Waals surface area (Å²) in [5.74, 6) is -0.0817. The van der Waals surface area contributed by atoms with E-state index in [1.165, 1.54) is 4.90 Å². The highest BCUT2D eigenvalue weighted by Gasteiger charge is 2.32. The van der Waals surface area contributed by atoms with Gasteiger partial charge in [0.05, 0.1) is 18.6 Å². The SMILES string of the molecule is O=C(Cc1ccncc1)N1CC(O)C(O)C1. The van der Waals surface area contributed by atoms with Crippen LogP contribution in [0.25, 0.3) is 0 Å². The van der Waals surface area contributed by atoms with Crippen LogP contribution in [0.15, 0.2) is 24.5 Å². The van der Waals surface area contributed by atoms with Crippen LogP contribution in [0.1, 0.15) is 5.56 Å². The maximum absolute atomic E-state index is 11.8. The van der Waals surface area contributed by atoms with Gasteiger partial charge in [0, 0.05) is 25.5 Å². The number of likely N-dealkylation sites (tertiary alicyclic amines) is 1. The van der Waals surface area contributed by atoms with Crippen molar-refractivity contribution in [1.82, 2.24) is 9.88 Å². The number of β-amino-alcohol motifs (C(OH)–C–C–N with tert-alkyl or cyclic N) is 2. The molecule has 1 amide bonds. The van der Waals surface area contributed by atoms with Gasteiger partial charge in [0.25, 0.3) is 0 Å². The zero-order valence-corrected chi connectivity index (χ0v) is 8.78. The summed E-state index contributed by atoms with van der Waals surface area (Å²) >= 11 is 0. The van der Waals surface area contributed by atoms with E-state index in [1.54, 1.807) is 24.5 Å². The Morgan fingerprint density at radius 1 is 1.31 bits per heavy atom. The predicted octanol–water partition coefficient (Wildman–Crippen LogP) is -0.812. The molecule has 2 rings (SSSR count). The van der Waals surface area contributed by atoms with Crippen molar-refractivity contribution in [1.29, 1.82) is 0 Å². The van der Waals surface area contributed by atoms with Crippen molar-refractivity contribution in [3.05, 3.63) is 30.1 Å². The second kappa shape index (κ2) is 4.59. The quantitative estimate of drug-likeness (QED) is 0.686. The first kappa shape index (κ1) is 11.0. The van der Waals surface area contributed by atoms with E-state index in [2.05, 4.69) is 4.98 Å². The number of aliphatic hydroxyl groups is 2. The molecule has 2 unspecified atom stereocenters.